The van der Waals surface area contributed by atoms with Crippen LogP contribution in [0.5, 0.6) is 11.5 Å². The van der Waals surface area contributed by atoms with Gasteiger partial charge in [-0.05, 0) is 48.9 Å². The average molecular weight is 392 g/mol. The van der Waals surface area contributed by atoms with Crippen LogP contribution in [0.4, 0.5) is 5.82 Å². The molecule has 0 fully saturated rings. The fourth-order valence-corrected chi connectivity index (χ4v) is 2.54. The predicted octanol–water partition coefficient (Wildman–Crippen LogP) is 3.21. The third kappa shape index (κ3) is 6.21. The second-order valence-corrected chi connectivity index (χ2v) is 6.42. The number of aryl methyl sites for hydroxylation is 1. The van der Waals surface area contributed by atoms with Gasteiger partial charge in [-0.25, -0.2) is 0 Å². The van der Waals surface area contributed by atoms with E-state index < -0.39 is 0 Å². The molecule has 3 rings (SSSR count). The molecular weight excluding hydrogens is 368 g/mol. The zero-order valence-electron chi connectivity index (χ0n) is 16.5. The predicted molar refractivity (Wildman–Crippen MR) is 111 cm³/mol. The van der Waals surface area contributed by atoms with Crippen molar-refractivity contribution in [3.8, 4) is 11.5 Å². The molecule has 2 aromatic carbocycles. The molecule has 3 aromatic rings. The maximum Gasteiger partial charge on any atom is 0.271 e. The van der Waals surface area contributed by atoms with Gasteiger partial charge in [0.1, 0.15) is 23.9 Å². The second kappa shape index (κ2) is 10.1. The zero-order valence-corrected chi connectivity index (χ0v) is 16.5. The molecule has 0 radical (unpaired) electrons. The molecule has 1 aromatic heterocycles. The van der Waals surface area contributed by atoms with Crippen molar-refractivity contribution < 1.29 is 14.3 Å². The maximum atomic E-state index is 12.2. The molecule has 7 heteroatoms. The number of benzene rings is 2. The summed E-state index contributed by atoms with van der Waals surface area (Å²) in [7, 11) is 1.61. The third-order valence-electron chi connectivity index (χ3n) is 4.21. The minimum absolute atomic E-state index is 0.260. The van der Waals surface area contributed by atoms with Crippen LogP contribution in [-0.4, -0.2) is 36.4 Å². The quantitative estimate of drug-likeness (QED) is 0.544. The van der Waals surface area contributed by atoms with Crippen molar-refractivity contribution in [1.82, 2.24) is 15.5 Å². The normalized spacial score (nSPS) is 10.3. The van der Waals surface area contributed by atoms with Crippen LogP contribution in [0, 0.1) is 6.92 Å². The number of carbonyl (C=O) groups excluding carboxylic acids is 1. The molecule has 0 saturated carbocycles. The molecule has 0 spiro atoms. The van der Waals surface area contributed by atoms with Gasteiger partial charge in [0, 0.05) is 6.54 Å². The Labute approximate surface area is 170 Å². The number of nitrogens with zero attached hydrogens (tertiary/aromatic N) is 2. The lowest BCUT2D eigenvalue weighted by molar-refractivity contribution is 0.0941. The topological polar surface area (TPSA) is 85.4 Å². The molecule has 29 heavy (non-hydrogen) atoms. The molecule has 2 N–H and O–H groups in total. The number of ether oxygens (including phenoxy) is 2. The molecule has 0 unspecified atom stereocenters. The van der Waals surface area contributed by atoms with E-state index in [0.29, 0.717) is 31.3 Å². The van der Waals surface area contributed by atoms with Crippen LogP contribution >= 0.6 is 0 Å². The Balaban J connectivity index is 1.40. The standard InChI is InChI=1S/C22H24N4O3/c1-16-3-5-17(6-4-16)15-24-21-12-11-20(25-26-21)22(27)23-13-14-29-19-9-7-18(28-2)8-10-19/h3-12H,13-15H2,1-2H3,(H,23,27)(H,24,26). The second-order valence-electron chi connectivity index (χ2n) is 6.42. The first-order valence-electron chi connectivity index (χ1n) is 9.32. The molecule has 0 atom stereocenters. The molecule has 0 aliphatic rings. The van der Waals surface area contributed by atoms with Crippen molar-refractivity contribution in [2.75, 3.05) is 25.6 Å². The van der Waals surface area contributed by atoms with Crippen molar-refractivity contribution in [3.63, 3.8) is 0 Å². The lowest BCUT2D eigenvalue weighted by Gasteiger charge is -2.09. The molecule has 0 saturated heterocycles. The summed E-state index contributed by atoms with van der Waals surface area (Å²) in [6.07, 6.45) is 0. The molecule has 0 aliphatic carbocycles. The molecule has 1 heterocycles. The number of rotatable bonds is 9. The highest BCUT2D eigenvalue weighted by atomic mass is 16.5. The van der Waals surface area contributed by atoms with Crippen molar-refractivity contribution in [3.05, 3.63) is 77.5 Å². The first kappa shape index (κ1) is 20.1. The van der Waals surface area contributed by atoms with Crippen LogP contribution in [0.3, 0.4) is 0 Å². The van der Waals surface area contributed by atoms with E-state index in [9.17, 15) is 4.79 Å². The number of carbonyl (C=O) groups is 1. The van der Waals surface area contributed by atoms with Crippen LogP contribution in [-0.2, 0) is 6.54 Å². The van der Waals surface area contributed by atoms with Gasteiger partial charge in [-0.2, -0.15) is 0 Å². The van der Waals surface area contributed by atoms with Gasteiger partial charge in [-0.1, -0.05) is 29.8 Å². The fraction of sp³-hybridized carbons (Fsp3) is 0.227. The Morgan fingerprint density at radius 2 is 1.66 bits per heavy atom. The molecule has 0 bridgehead atoms. The largest absolute Gasteiger partial charge is 0.497 e. The molecular formula is C22H24N4O3. The van der Waals surface area contributed by atoms with Gasteiger partial charge in [0.2, 0.25) is 0 Å². The highest BCUT2D eigenvalue weighted by Gasteiger charge is 2.08. The van der Waals surface area contributed by atoms with Crippen LogP contribution in [0.2, 0.25) is 0 Å². The van der Waals surface area contributed by atoms with Crippen molar-refractivity contribution in [2.24, 2.45) is 0 Å². The lowest BCUT2D eigenvalue weighted by Crippen LogP contribution is -2.29. The van der Waals surface area contributed by atoms with Gasteiger partial charge < -0.3 is 20.1 Å². The highest BCUT2D eigenvalue weighted by molar-refractivity contribution is 5.92. The zero-order chi connectivity index (χ0) is 20.5. The van der Waals surface area contributed by atoms with Crippen molar-refractivity contribution >= 4 is 11.7 Å². The van der Waals surface area contributed by atoms with Gasteiger partial charge in [0.25, 0.3) is 5.91 Å². The summed E-state index contributed by atoms with van der Waals surface area (Å²) >= 11 is 0. The number of nitrogens with one attached hydrogen (secondary N) is 2. The molecule has 150 valence electrons. The van der Waals surface area contributed by atoms with Crippen LogP contribution in [0.25, 0.3) is 0 Å². The summed E-state index contributed by atoms with van der Waals surface area (Å²) in [6, 6.07) is 18.9. The fourth-order valence-electron chi connectivity index (χ4n) is 2.54. The van der Waals surface area contributed by atoms with E-state index in [1.54, 1.807) is 19.2 Å². The monoisotopic (exact) mass is 392 g/mol. The van der Waals surface area contributed by atoms with E-state index in [1.165, 1.54) is 5.56 Å². The highest BCUT2D eigenvalue weighted by Crippen LogP contribution is 2.16. The number of aromatic nitrogens is 2. The Kier molecular flexibility index (Phi) is 7.00. The average Bonchev–Trinajstić information content (AvgIpc) is 2.77. The third-order valence-corrected chi connectivity index (χ3v) is 4.21. The molecule has 7 nitrogen and oxygen atoms in total. The van der Waals surface area contributed by atoms with Gasteiger partial charge in [-0.15, -0.1) is 10.2 Å². The van der Waals surface area contributed by atoms with E-state index in [0.717, 1.165) is 11.3 Å². The minimum Gasteiger partial charge on any atom is -0.497 e. The molecule has 1 amide bonds. The number of amides is 1. The van der Waals surface area contributed by atoms with Gasteiger partial charge >= 0.3 is 0 Å². The first-order chi connectivity index (χ1) is 14.1. The van der Waals surface area contributed by atoms with E-state index >= 15 is 0 Å². The Morgan fingerprint density at radius 3 is 2.31 bits per heavy atom. The summed E-state index contributed by atoms with van der Waals surface area (Å²) < 4.78 is 10.7. The van der Waals surface area contributed by atoms with E-state index in [1.807, 2.05) is 24.3 Å². The van der Waals surface area contributed by atoms with Gasteiger partial charge in [-0.3, -0.25) is 4.79 Å². The van der Waals surface area contributed by atoms with E-state index in [-0.39, 0.29) is 11.6 Å². The number of hydrogen-bond donors (Lipinski definition) is 2. The smallest absolute Gasteiger partial charge is 0.271 e. The van der Waals surface area contributed by atoms with Crippen LogP contribution in [0.1, 0.15) is 21.6 Å². The van der Waals surface area contributed by atoms with Crippen LogP contribution in [0.15, 0.2) is 60.7 Å². The minimum atomic E-state index is -0.291. The van der Waals surface area contributed by atoms with Gasteiger partial charge in [0.05, 0.1) is 13.7 Å². The number of anilines is 1. The molecule has 0 aliphatic heterocycles. The summed E-state index contributed by atoms with van der Waals surface area (Å²) in [5.41, 5.74) is 2.63. The number of methoxy groups -OCH3 is 1. The van der Waals surface area contributed by atoms with E-state index in [4.69, 9.17) is 9.47 Å². The summed E-state index contributed by atoms with van der Waals surface area (Å²) in [5, 5.41) is 14.0. The SMILES string of the molecule is COc1ccc(OCCNC(=O)c2ccc(NCc3ccc(C)cc3)nn2)cc1. The summed E-state index contributed by atoms with van der Waals surface area (Å²) in [6.45, 7) is 3.41. The Morgan fingerprint density at radius 1 is 0.931 bits per heavy atom. The van der Waals surface area contributed by atoms with Crippen LogP contribution < -0.4 is 20.1 Å². The summed E-state index contributed by atoms with van der Waals surface area (Å²) in [5.74, 6) is 1.80. The van der Waals surface area contributed by atoms with Crippen molar-refractivity contribution in [2.45, 2.75) is 13.5 Å². The number of hydrogen-bond acceptors (Lipinski definition) is 6. The Bertz CT molecular complexity index is 910. The van der Waals surface area contributed by atoms with Gasteiger partial charge in [0.15, 0.2) is 5.69 Å². The van der Waals surface area contributed by atoms with Crippen molar-refractivity contribution in [1.29, 1.82) is 0 Å². The Hall–Kier alpha value is -3.61. The first-order valence-corrected chi connectivity index (χ1v) is 9.32. The summed E-state index contributed by atoms with van der Waals surface area (Å²) in [4.78, 5) is 12.2. The lowest BCUT2D eigenvalue weighted by atomic mass is 10.1. The van der Waals surface area contributed by atoms with E-state index in [2.05, 4.69) is 52.0 Å². The maximum absolute atomic E-state index is 12.2.